The summed E-state index contributed by atoms with van der Waals surface area (Å²) >= 11 is 0. The van der Waals surface area contributed by atoms with Gasteiger partial charge in [0.2, 0.25) is 0 Å². The number of rotatable bonds is 7. The summed E-state index contributed by atoms with van der Waals surface area (Å²) in [6, 6.07) is -0.922. The molecule has 0 amide bonds. The van der Waals surface area contributed by atoms with Gasteiger partial charge < -0.3 is 15.6 Å². The van der Waals surface area contributed by atoms with Crippen LogP contribution < -0.4 is 10.9 Å². The Balaban J connectivity index is 3.87. The van der Waals surface area contributed by atoms with Crippen molar-refractivity contribution in [1.29, 1.82) is 0 Å². The van der Waals surface area contributed by atoms with Crippen molar-refractivity contribution in [3.63, 3.8) is 0 Å². The minimum absolute atomic E-state index is 0.0194. The van der Waals surface area contributed by atoms with E-state index in [2.05, 4.69) is 17.4 Å². The van der Waals surface area contributed by atoms with Crippen LogP contribution in [0.1, 0.15) is 12.8 Å². The topological polar surface area (TPSA) is 98.7 Å². The first-order chi connectivity index (χ1) is 6.07. The van der Waals surface area contributed by atoms with E-state index < -0.39 is 18.0 Å². The molecular formula is C7H12N2O4. The number of hydrogen-bond acceptors (Lipinski definition) is 4. The standard InChI is InChI=1S/C7H12N2O4/c1-2-8-9-5(7(12)13)3-4-6(10)11/h2,5,8-9H,1,3-4H2,(H,10,11)(H,12,13)/t5-/m0/s1. The van der Waals surface area contributed by atoms with Crippen molar-refractivity contribution in [3.8, 4) is 0 Å². The molecule has 0 aromatic rings. The van der Waals surface area contributed by atoms with Crippen LogP contribution in [0.2, 0.25) is 0 Å². The molecule has 1 atom stereocenters. The maximum absolute atomic E-state index is 10.5. The minimum Gasteiger partial charge on any atom is -0.481 e. The fourth-order valence-corrected chi connectivity index (χ4v) is 0.685. The van der Waals surface area contributed by atoms with Gasteiger partial charge in [-0.2, -0.15) is 0 Å². The van der Waals surface area contributed by atoms with E-state index in [0.717, 1.165) is 0 Å². The van der Waals surface area contributed by atoms with Crippen molar-refractivity contribution in [1.82, 2.24) is 10.9 Å². The Labute approximate surface area is 75.2 Å². The number of aliphatic carboxylic acids is 2. The molecule has 6 nitrogen and oxygen atoms in total. The highest BCUT2D eigenvalue weighted by atomic mass is 16.4. The Morgan fingerprint density at radius 3 is 2.46 bits per heavy atom. The predicted molar refractivity (Wildman–Crippen MR) is 44.8 cm³/mol. The zero-order valence-electron chi connectivity index (χ0n) is 6.99. The zero-order valence-corrected chi connectivity index (χ0v) is 6.99. The number of carboxylic acids is 2. The molecule has 0 aliphatic carbocycles. The van der Waals surface area contributed by atoms with Crippen LogP contribution in [0.3, 0.4) is 0 Å². The molecule has 0 fully saturated rings. The minimum atomic E-state index is -1.10. The van der Waals surface area contributed by atoms with Gasteiger partial charge in [-0.05, 0) is 6.42 Å². The van der Waals surface area contributed by atoms with Gasteiger partial charge in [-0.1, -0.05) is 6.58 Å². The summed E-state index contributed by atoms with van der Waals surface area (Å²) < 4.78 is 0. The molecule has 74 valence electrons. The van der Waals surface area contributed by atoms with Gasteiger partial charge in [-0.15, -0.1) is 0 Å². The number of hydrogen-bond donors (Lipinski definition) is 4. The zero-order chi connectivity index (χ0) is 10.3. The van der Waals surface area contributed by atoms with Gasteiger partial charge in [-0.25, -0.2) is 5.43 Å². The second-order valence-corrected chi connectivity index (χ2v) is 2.32. The Bertz CT molecular complexity index is 205. The van der Waals surface area contributed by atoms with Gasteiger partial charge in [0.15, 0.2) is 0 Å². The molecule has 0 saturated carbocycles. The van der Waals surface area contributed by atoms with Gasteiger partial charge in [0.25, 0.3) is 0 Å². The smallest absolute Gasteiger partial charge is 0.322 e. The molecule has 0 unspecified atom stereocenters. The first-order valence-corrected chi connectivity index (χ1v) is 3.64. The SMILES string of the molecule is C=CNN[C@@H](CCC(=O)O)C(=O)O. The molecule has 0 saturated heterocycles. The van der Waals surface area contributed by atoms with Crippen LogP contribution in [0.4, 0.5) is 0 Å². The summed E-state index contributed by atoms with van der Waals surface area (Å²) in [6.45, 7) is 3.30. The van der Waals surface area contributed by atoms with Crippen molar-refractivity contribution < 1.29 is 19.8 Å². The van der Waals surface area contributed by atoms with Crippen LogP contribution >= 0.6 is 0 Å². The first-order valence-electron chi connectivity index (χ1n) is 3.64. The highest BCUT2D eigenvalue weighted by Crippen LogP contribution is 1.96. The predicted octanol–water partition coefficient (Wildman–Crippen LogP) is -0.458. The summed E-state index contributed by atoms with van der Waals surface area (Å²) in [6.07, 6.45) is 1.10. The monoisotopic (exact) mass is 188 g/mol. The second-order valence-electron chi connectivity index (χ2n) is 2.32. The van der Waals surface area contributed by atoms with Gasteiger partial charge in [0.05, 0.1) is 0 Å². The summed E-state index contributed by atoms with van der Waals surface area (Å²) in [7, 11) is 0. The van der Waals surface area contributed by atoms with Crippen molar-refractivity contribution in [2.45, 2.75) is 18.9 Å². The molecule has 4 N–H and O–H groups in total. The Hall–Kier alpha value is -1.56. The van der Waals surface area contributed by atoms with Crippen LogP contribution in [-0.2, 0) is 9.59 Å². The molecule has 0 aliphatic rings. The molecule has 6 heteroatoms. The normalized spacial score (nSPS) is 11.7. The first kappa shape index (κ1) is 11.4. The third-order valence-corrected chi connectivity index (χ3v) is 1.30. The van der Waals surface area contributed by atoms with Crippen molar-refractivity contribution in [3.05, 3.63) is 12.8 Å². The average molecular weight is 188 g/mol. The molecular weight excluding hydrogens is 176 g/mol. The fourth-order valence-electron chi connectivity index (χ4n) is 0.685. The van der Waals surface area contributed by atoms with Gasteiger partial charge in [0, 0.05) is 12.6 Å². The fraction of sp³-hybridized carbons (Fsp3) is 0.429. The largest absolute Gasteiger partial charge is 0.481 e. The van der Waals surface area contributed by atoms with Crippen LogP contribution in [0.15, 0.2) is 12.8 Å². The maximum atomic E-state index is 10.5. The summed E-state index contributed by atoms with van der Waals surface area (Å²) in [5.74, 6) is -2.12. The molecule has 0 bridgehead atoms. The average Bonchev–Trinajstić information content (AvgIpc) is 2.03. The van der Waals surface area contributed by atoms with E-state index in [1.165, 1.54) is 6.20 Å². The van der Waals surface area contributed by atoms with E-state index >= 15 is 0 Å². The van der Waals surface area contributed by atoms with Crippen molar-refractivity contribution in [2.75, 3.05) is 0 Å². The molecule has 0 aromatic heterocycles. The van der Waals surface area contributed by atoms with Crippen molar-refractivity contribution in [2.24, 2.45) is 0 Å². The molecule has 0 spiro atoms. The number of hydrazine groups is 1. The molecule has 0 aliphatic heterocycles. The van der Waals surface area contributed by atoms with E-state index in [4.69, 9.17) is 10.2 Å². The maximum Gasteiger partial charge on any atom is 0.322 e. The lowest BCUT2D eigenvalue weighted by atomic mass is 10.2. The van der Waals surface area contributed by atoms with Gasteiger partial charge >= 0.3 is 11.9 Å². The quantitative estimate of drug-likeness (QED) is 0.403. The lowest BCUT2D eigenvalue weighted by Crippen LogP contribution is -2.43. The van der Waals surface area contributed by atoms with E-state index in [1.807, 2.05) is 0 Å². The summed E-state index contributed by atoms with van der Waals surface area (Å²) in [4.78, 5) is 20.6. The van der Waals surface area contributed by atoms with E-state index in [9.17, 15) is 9.59 Å². The molecule has 0 aromatic carbocycles. The number of carbonyl (C=O) groups is 2. The lowest BCUT2D eigenvalue weighted by molar-refractivity contribution is -0.140. The van der Waals surface area contributed by atoms with Gasteiger partial charge in [-0.3, -0.25) is 9.59 Å². The summed E-state index contributed by atoms with van der Waals surface area (Å²) in [5, 5.41) is 16.9. The highest BCUT2D eigenvalue weighted by molar-refractivity contribution is 5.74. The summed E-state index contributed by atoms with van der Waals surface area (Å²) in [5.41, 5.74) is 4.79. The lowest BCUT2D eigenvalue weighted by Gasteiger charge is -2.12. The molecule has 0 rings (SSSR count). The van der Waals surface area contributed by atoms with E-state index in [1.54, 1.807) is 0 Å². The van der Waals surface area contributed by atoms with Gasteiger partial charge in [0.1, 0.15) is 6.04 Å². The number of carboxylic acid groups (broad SMARTS) is 2. The van der Waals surface area contributed by atoms with Crippen LogP contribution in [0, 0.1) is 0 Å². The van der Waals surface area contributed by atoms with E-state index in [-0.39, 0.29) is 12.8 Å². The van der Waals surface area contributed by atoms with Crippen LogP contribution in [0.5, 0.6) is 0 Å². The Morgan fingerprint density at radius 2 is 2.08 bits per heavy atom. The van der Waals surface area contributed by atoms with Crippen LogP contribution in [-0.4, -0.2) is 28.2 Å². The third-order valence-electron chi connectivity index (χ3n) is 1.30. The molecule has 0 radical (unpaired) electrons. The molecule has 0 heterocycles. The number of nitrogens with one attached hydrogen (secondary N) is 2. The highest BCUT2D eigenvalue weighted by Gasteiger charge is 2.17. The Kier molecular flexibility index (Phi) is 5.29. The van der Waals surface area contributed by atoms with Crippen LogP contribution in [0.25, 0.3) is 0 Å². The third kappa shape index (κ3) is 5.68. The van der Waals surface area contributed by atoms with Crippen molar-refractivity contribution >= 4 is 11.9 Å². The molecule has 13 heavy (non-hydrogen) atoms. The van der Waals surface area contributed by atoms with E-state index in [0.29, 0.717) is 0 Å². The second kappa shape index (κ2) is 6.01. The Morgan fingerprint density at radius 1 is 1.46 bits per heavy atom.